The van der Waals surface area contributed by atoms with Crippen molar-refractivity contribution in [2.75, 3.05) is 31.2 Å². The van der Waals surface area contributed by atoms with E-state index in [9.17, 15) is 14.7 Å². The first-order valence-electron chi connectivity index (χ1n) is 17.4. The van der Waals surface area contributed by atoms with Gasteiger partial charge >= 0.3 is 0 Å². The molecule has 51 heavy (non-hydrogen) atoms. The van der Waals surface area contributed by atoms with Gasteiger partial charge in [0.25, 0.3) is 0 Å². The quantitative estimate of drug-likeness (QED) is 0.196. The maximum absolute atomic E-state index is 15.1. The third kappa shape index (κ3) is 5.78. The van der Waals surface area contributed by atoms with Crippen LogP contribution in [0.3, 0.4) is 0 Å². The minimum atomic E-state index is -1.30. The smallest absolute Gasteiger partial charge is 0.250 e. The van der Waals surface area contributed by atoms with Gasteiger partial charge in [-0.1, -0.05) is 59.8 Å². The summed E-state index contributed by atoms with van der Waals surface area (Å²) in [7, 11) is 0. The number of benzene rings is 3. The molecule has 1 N–H and O–H groups in total. The first-order valence-corrected chi connectivity index (χ1v) is 17.4. The maximum atomic E-state index is 15.1. The van der Waals surface area contributed by atoms with Crippen LogP contribution in [0.5, 0.6) is 5.75 Å². The Hall–Kier alpha value is -5.33. The number of amides is 3. The van der Waals surface area contributed by atoms with E-state index in [0.29, 0.717) is 42.0 Å². The van der Waals surface area contributed by atoms with Crippen molar-refractivity contribution in [2.45, 2.75) is 50.2 Å². The third-order valence-electron chi connectivity index (χ3n) is 10.4. The lowest BCUT2D eigenvalue weighted by molar-refractivity contribution is -0.152. The van der Waals surface area contributed by atoms with Crippen molar-refractivity contribution < 1.29 is 29.0 Å². The summed E-state index contributed by atoms with van der Waals surface area (Å²) in [5.74, 6) is -2.20. The second kappa shape index (κ2) is 14.1. The molecule has 2 bridgehead atoms. The van der Waals surface area contributed by atoms with E-state index in [1.807, 2.05) is 73.7 Å². The van der Waals surface area contributed by atoms with Crippen LogP contribution in [0.1, 0.15) is 31.4 Å². The van der Waals surface area contributed by atoms with E-state index >= 15 is 4.79 Å². The van der Waals surface area contributed by atoms with Crippen molar-refractivity contribution in [2.24, 2.45) is 11.8 Å². The summed E-state index contributed by atoms with van der Waals surface area (Å²) in [6, 6.07) is 21.8. The number of hydrogen-bond acceptors (Lipinski definition) is 8. The molecule has 0 aliphatic carbocycles. The molecule has 3 saturated heterocycles. The Morgan fingerprint density at radius 3 is 2.47 bits per heavy atom. The summed E-state index contributed by atoms with van der Waals surface area (Å²) in [4.78, 5) is 49.5. The molecule has 2 unspecified atom stereocenters. The molecule has 6 atom stereocenters. The summed E-state index contributed by atoms with van der Waals surface area (Å²) < 4.78 is 14.0. The molecular formula is C39H42N6O6. The number of carbonyl (C=O) groups excluding carboxylic acids is 3. The molecule has 4 heterocycles. The van der Waals surface area contributed by atoms with Gasteiger partial charge in [0.05, 0.1) is 42.7 Å². The van der Waals surface area contributed by atoms with Crippen molar-refractivity contribution in [3.8, 4) is 5.75 Å². The van der Waals surface area contributed by atoms with Crippen molar-refractivity contribution in [1.29, 1.82) is 0 Å². The van der Waals surface area contributed by atoms with E-state index in [4.69, 9.17) is 9.47 Å². The second-order valence-corrected chi connectivity index (χ2v) is 13.1. The molecule has 3 aliphatic heterocycles. The normalized spacial score (nSPS) is 24.0. The number of para-hydroxylation sites is 1. The zero-order chi connectivity index (χ0) is 35.7. The molecule has 3 amide bonds. The van der Waals surface area contributed by atoms with Gasteiger partial charge in [-0.3, -0.25) is 14.4 Å². The van der Waals surface area contributed by atoms with Gasteiger partial charge in [-0.15, -0.1) is 18.3 Å². The molecule has 3 aromatic carbocycles. The highest BCUT2D eigenvalue weighted by Crippen LogP contribution is 2.60. The molecule has 3 fully saturated rings. The van der Waals surface area contributed by atoms with Crippen LogP contribution in [-0.4, -0.2) is 91.7 Å². The lowest BCUT2D eigenvalue weighted by atomic mass is 9.70. The first-order chi connectivity index (χ1) is 24.9. The monoisotopic (exact) mass is 690 g/mol. The number of rotatable bonds is 14. The molecule has 4 aromatic rings. The lowest BCUT2D eigenvalue weighted by Gasteiger charge is -2.39. The van der Waals surface area contributed by atoms with E-state index < -0.39 is 48.1 Å². The predicted molar refractivity (Wildman–Crippen MR) is 190 cm³/mol. The zero-order valence-electron chi connectivity index (χ0n) is 28.6. The molecular weight excluding hydrogens is 648 g/mol. The predicted octanol–water partition coefficient (Wildman–Crippen LogP) is 4.13. The summed E-state index contributed by atoms with van der Waals surface area (Å²) in [5.41, 5.74) is 1.42. The van der Waals surface area contributed by atoms with Gasteiger partial charge < -0.3 is 29.3 Å². The Balaban J connectivity index is 1.30. The number of nitrogens with zero attached hydrogens (tertiary/aromatic N) is 6. The molecule has 7 rings (SSSR count). The fourth-order valence-electron chi connectivity index (χ4n) is 8.27. The number of aliphatic hydroxyl groups excluding tert-OH is 1. The third-order valence-corrected chi connectivity index (χ3v) is 10.4. The molecule has 12 heteroatoms. The number of hydrogen-bond donors (Lipinski definition) is 1. The number of anilines is 1. The Kier molecular flexibility index (Phi) is 9.45. The SMILES string of the molecule is C=CCN(Cn1nnc2ccccc21)C(=O)C1N([C@H](CO)c2ccccc2)C(=O)[C@@H]2[C@H](C(=O)N(CC=C)c3ccc(OCC)cc3)[C@@H]3CCC12O3. The van der Waals surface area contributed by atoms with Gasteiger partial charge in [-0.25, -0.2) is 4.68 Å². The van der Waals surface area contributed by atoms with E-state index in [1.54, 1.807) is 38.8 Å². The van der Waals surface area contributed by atoms with Crippen LogP contribution in [0.25, 0.3) is 11.0 Å². The summed E-state index contributed by atoms with van der Waals surface area (Å²) in [6.07, 6.45) is 3.59. The average Bonchev–Trinajstić information content (AvgIpc) is 3.91. The maximum Gasteiger partial charge on any atom is 0.250 e. The molecule has 3 aliphatic rings. The zero-order valence-corrected chi connectivity index (χ0v) is 28.6. The number of fused-ring (bicyclic) bond motifs is 2. The average molecular weight is 691 g/mol. The van der Waals surface area contributed by atoms with Gasteiger partial charge in [-0.2, -0.15) is 0 Å². The molecule has 1 aromatic heterocycles. The van der Waals surface area contributed by atoms with Crippen molar-refractivity contribution in [1.82, 2.24) is 24.8 Å². The Morgan fingerprint density at radius 1 is 1.04 bits per heavy atom. The van der Waals surface area contributed by atoms with Gasteiger partial charge in [0.2, 0.25) is 17.7 Å². The van der Waals surface area contributed by atoms with Gasteiger partial charge in [0.1, 0.15) is 29.6 Å². The lowest BCUT2D eigenvalue weighted by Crippen LogP contribution is -2.57. The summed E-state index contributed by atoms with van der Waals surface area (Å²) >= 11 is 0. The number of aliphatic hydroxyl groups is 1. The summed E-state index contributed by atoms with van der Waals surface area (Å²) in [6.45, 7) is 10.2. The molecule has 12 nitrogen and oxygen atoms in total. The Morgan fingerprint density at radius 2 is 1.76 bits per heavy atom. The standard InChI is InChI=1S/C39H42N6O6/c1-4-22-42(25-44-30-15-11-10-14-29(30)40-41-44)38(49)35-39-21-20-32(51-39)33(34(39)37(48)45(35)31(24-46)26-12-8-7-9-13-26)36(47)43(23-5-2)27-16-18-28(19-17-27)50-6-3/h4-5,7-19,31-35,46H,1-2,6,20-25H2,3H3/t31-,32+,33-,34+,35?,39?/m1/s1. The fraction of sp³-hybridized carbons (Fsp3) is 0.359. The van der Waals surface area contributed by atoms with Crippen molar-refractivity contribution in [3.05, 3.63) is 110 Å². The minimum absolute atomic E-state index is 0.0381. The first kappa shape index (κ1) is 34.1. The van der Waals surface area contributed by atoms with Gasteiger partial charge in [0, 0.05) is 18.8 Å². The molecule has 0 saturated carbocycles. The van der Waals surface area contributed by atoms with E-state index in [0.717, 1.165) is 5.52 Å². The van der Waals surface area contributed by atoms with E-state index in [1.165, 1.54) is 4.90 Å². The number of ether oxygens (including phenoxy) is 2. The topological polar surface area (TPSA) is 130 Å². The van der Waals surface area contributed by atoms with Gasteiger partial charge in [0.15, 0.2) is 0 Å². The van der Waals surface area contributed by atoms with Gasteiger partial charge in [-0.05, 0) is 61.7 Å². The largest absolute Gasteiger partial charge is 0.494 e. The minimum Gasteiger partial charge on any atom is -0.494 e. The van der Waals surface area contributed by atoms with Crippen LogP contribution in [0, 0.1) is 11.8 Å². The van der Waals surface area contributed by atoms with Crippen LogP contribution in [-0.2, 0) is 25.8 Å². The molecule has 1 spiro atoms. The van der Waals surface area contributed by atoms with Crippen molar-refractivity contribution in [3.63, 3.8) is 0 Å². The Labute approximate surface area is 296 Å². The highest BCUT2D eigenvalue weighted by molar-refractivity contribution is 6.03. The highest BCUT2D eigenvalue weighted by Gasteiger charge is 2.75. The van der Waals surface area contributed by atoms with E-state index in [-0.39, 0.29) is 31.6 Å². The van der Waals surface area contributed by atoms with Crippen LogP contribution >= 0.6 is 0 Å². The Bertz CT molecular complexity index is 1930. The van der Waals surface area contributed by atoms with Crippen LogP contribution in [0.2, 0.25) is 0 Å². The van der Waals surface area contributed by atoms with Crippen LogP contribution in [0.15, 0.2) is 104 Å². The second-order valence-electron chi connectivity index (χ2n) is 13.1. The van der Waals surface area contributed by atoms with Crippen LogP contribution in [0.4, 0.5) is 5.69 Å². The molecule has 0 radical (unpaired) electrons. The van der Waals surface area contributed by atoms with Crippen molar-refractivity contribution >= 4 is 34.4 Å². The van der Waals surface area contributed by atoms with Crippen LogP contribution < -0.4 is 9.64 Å². The van der Waals surface area contributed by atoms with E-state index in [2.05, 4.69) is 23.5 Å². The summed E-state index contributed by atoms with van der Waals surface area (Å²) in [5, 5.41) is 19.5. The number of likely N-dealkylation sites (tertiary alicyclic amines) is 1. The fourth-order valence-corrected chi connectivity index (χ4v) is 8.27. The number of carbonyl (C=O) groups is 3. The molecule has 264 valence electrons. The number of aromatic nitrogens is 3. The highest BCUT2D eigenvalue weighted by atomic mass is 16.5.